The van der Waals surface area contributed by atoms with Gasteiger partial charge in [0, 0.05) is 33.6 Å². The fourth-order valence-corrected chi connectivity index (χ4v) is 5.38. The van der Waals surface area contributed by atoms with Crippen LogP contribution < -0.4 is 10.1 Å². The third-order valence-corrected chi connectivity index (χ3v) is 7.54. The number of halogens is 2. The van der Waals surface area contributed by atoms with E-state index in [-0.39, 0.29) is 31.0 Å². The molecule has 7 heteroatoms. The van der Waals surface area contributed by atoms with Gasteiger partial charge < -0.3 is 15.0 Å². The van der Waals surface area contributed by atoms with Gasteiger partial charge in [-0.25, -0.2) is 0 Å². The molecule has 190 valence electrons. The molecular weight excluding hydrogens is 495 g/mol. The highest BCUT2D eigenvalue weighted by atomic mass is 35.5. The summed E-state index contributed by atoms with van der Waals surface area (Å²) in [5, 5.41) is 6.05. The Morgan fingerprint density at radius 3 is 2.36 bits per heavy atom. The Labute approximate surface area is 222 Å². The van der Waals surface area contributed by atoms with Crippen molar-refractivity contribution in [1.29, 1.82) is 0 Å². The second kappa shape index (κ2) is 12.5. The van der Waals surface area contributed by atoms with Gasteiger partial charge in [-0.1, -0.05) is 91.9 Å². The standard InChI is InChI=1S/C29H32Cl2N2O3/c1-2-26(29(35)32-21-12-4-3-5-13-21)33(18-23-24(30)15-9-16-25(23)31)28(34)19-36-27-17-8-11-20-10-6-7-14-22(20)27/h6-11,14-17,21,26H,2-5,12-13,18-19H2,1H3,(H,32,35)/t26-/m0/s1. The summed E-state index contributed by atoms with van der Waals surface area (Å²) in [7, 11) is 0. The summed E-state index contributed by atoms with van der Waals surface area (Å²) in [5.41, 5.74) is 0.614. The van der Waals surface area contributed by atoms with Gasteiger partial charge in [0.25, 0.3) is 5.91 Å². The molecule has 0 aromatic heterocycles. The van der Waals surface area contributed by atoms with Gasteiger partial charge in [0.15, 0.2) is 6.61 Å². The molecule has 2 amide bonds. The molecule has 1 atom stereocenters. The Morgan fingerprint density at radius 2 is 1.64 bits per heavy atom. The second-order valence-electron chi connectivity index (χ2n) is 9.26. The predicted molar refractivity (Wildman–Crippen MR) is 146 cm³/mol. The number of hydrogen-bond donors (Lipinski definition) is 1. The Bertz CT molecular complexity index is 1180. The molecule has 0 aliphatic heterocycles. The molecule has 1 saturated carbocycles. The quantitative estimate of drug-likeness (QED) is 0.334. The van der Waals surface area contributed by atoms with Crippen molar-refractivity contribution in [2.75, 3.05) is 6.61 Å². The lowest BCUT2D eigenvalue weighted by molar-refractivity contribution is -0.143. The average molecular weight is 527 g/mol. The van der Waals surface area contributed by atoms with Gasteiger partial charge in [0.2, 0.25) is 5.91 Å². The van der Waals surface area contributed by atoms with E-state index in [0.29, 0.717) is 27.8 Å². The third kappa shape index (κ3) is 6.32. The van der Waals surface area contributed by atoms with Crippen LogP contribution in [0.3, 0.4) is 0 Å². The molecule has 5 nitrogen and oxygen atoms in total. The van der Waals surface area contributed by atoms with Crippen molar-refractivity contribution < 1.29 is 14.3 Å². The first-order valence-corrected chi connectivity index (χ1v) is 13.4. The molecule has 3 aromatic carbocycles. The lowest BCUT2D eigenvalue weighted by atomic mass is 9.95. The van der Waals surface area contributed by atoms with Crippen LogP contribution >= 0.6 is 23.2 Å². The highest BCUT2D eigenvalue weighted by molar-refractivity contribution is 6.36. The third-order valence-electron chi connectivity index (χ3n) is 6.83. The molecule has 0 spiro atoms. The molecule has 1 aliphatic rings. The average Bonchev–Trinajstić information content (AvgIpc) is 2.89. The van der Waals surface area contributed by atoms with Gasteiger partial charge in [-0.05, 0) is 42.8 Å². The van der Waals surface area contributed by atoms with E-state index >= 15 is 0 Å². The van der Waals surface area contributed by atoms with E-state index in [9.17, 15) is 9.59 Å². The number of nitrogens with one attached hydrogen (secondary N) is 1. The van der Waals surface area contributed by atoms with Gasteiger partial charge in [0.1, 0.15) is 11.8 Å². The number of amides is 2. The fraction of sp³-hybridized carbons (Fsp3) is 0.379. The highest BCUT2D eigenvalue weighted by Gasteiger charge is 2.31. The minimum atomic E-state index is -0.664. The Hall–Kier alpha value is -2.76. The topological polar surface area (TPSA) is 58.6 Å². The largest absolute Gasteiger partial charge is 0.483 e. The molecule has 0 radical (unpaired) electrons. The number of benzene rings is 3. The van der Waals surface area contributed by atoms with Crippen molar-refractivity contribution in [3.05, 3.63) is 76.3 Å². The van der Waals surface area contributed by atoms with Crippen LogP contribution in [0.5, 0.6) is 5.75 Å². The number of nitrogens with zero attached hydrogens (tertiary/aromatic N) is 1. The molecule has 1 N–H and O–H groups in total. The van der Waals surface area contributed by atoms with Crippen molar-refractivity contribution >= 4 is 45.8 Å². The zero-order chi connectivity index (χ0) is 25.5. The van der Waals surface area contributed by atoms with E-state index in [2.05, 4.69) is 5.32 Å². The van der Waals surface area contributed by atoms with Crippen molar-refractivity contribution in [3.8, 4) is 5.75 Å². The number of carbonyl (C=O) groups excluding carboxylic acids is 2. The first-order chi connectivity index (χ1) is 17.5. The van der Waals surface area contributed by atoms with Crippen molar-refractivity contribution in [1.82, 2.24) is 10.2 Å². The van der Waals surface area contributed by atoms with E-state index in [1.807, 2.05) is 49.4 Å². The lowest BCUT2D eigenvalue weighted by Gasteiger charge is -2.33. The van der Waals surface area contributed by atoms with Crippen LogP contribution in [0.15, 0.2) is 60.7 Å². The Balaban J connectivity index is 1.57. The van der Waals surface area contributed by atoms with Crippen molar-refractivity contribution in [3.63, 3.8) is 0 Å². The molecule has 0 saturated heterocycles. The smallest absolute Gasteiger partial charge is 0.261 e. The molecule has 0 bridgehead atoms. The van der Waals surface area contributed by atoms with Crippen LogP contribution in [0.4, 0.5) is 0 Å². The normalized spacial score (nSPS) is 14.9. The number of fused-ring (bicyclic) bond motifs is 1. The van der Waals surface area contributed by atoms with Crippen LogP contribution in [-0.2, 0) is 16.1 Å². The van der Waals surface area contributed by atoms with Gasteiger partial charge in [-0.3, -0.25) is 9.59 Å². The Kier molecular flexibility index (Phi) is 9.11. The zero-order valence-corrected chi connectivity index (χ0v) is 22.0. The number of hydrogen-bond acceptors (Lipinski definition) is 3. The molecule has 36 heavy (non-hydrogen) atoms. The summed E-state index contributed by atoms with van der Waals surface area (Å²) in [6.45, 7) is 1.82. The molecule has 1 aliphatic carbocycles. The highest BCUT2D eigenvalue weighted by Crippen LogP contribution is 2.28. The molecule has 1 fully saturated rings. The maximum atomic E-state index is 13.6. The van der Waals surface area contributed by atoms with Crippen molar-refractivity contribution in [2.45, 2.75) is 64.1 Å². The summed E-state index contributed by atoms with van der Waals surface area (Å²) in [4.78, 5) is 28.5. The second-order valence-corrected chi connectivity index (χ2v) is 10.1. The summed E-state index contributed by atoms with van der Waals surface area (Å²) in [5.74, 6) is 0.174. The molecule has 0 unspecified atom stereocenters. The fourth-order valence-electron chi connectivity index (χ4n) is 4.86. The van der Waals surface area contributed by atoms with E-state index in [0.717, 1.165) is 36.5 Å². The van der Waals surface area contributed by atoms with Gasteiger partial charge in [0.05, 0.1) is 0 Å². The maximum Gasteiger partial charge on any atom is 0.261 e. The van der Waals surface area contributed by atoms with Crippen LogP contribution in [0.1, 0.15) is 51.0 Å². The van der Waals surface area contributed by atoms with E-state index in [4.69, 9.17) is 27.9 Å². The maximum absolute atomic E-state index is 13.6. The molecule has 4 rings (SSSR count). The van der Waals surface area contributed by atoms with E-state index < -0.39 is 6.04 Å². The van der Waals surface area contributed by atoms with Gasteiger partial charge in [-0.15, -0.1) is 0 Å². The lowest BCUT2D eigenvalue weighted by Crippen LogP contribution is -2.52. The summed E-state index contributed by atoms with van der Waals surface area (Å²) >= 11 is 12.9. The van der Waals surface area contributed by atoms with Crippen LogP contribution in [0.2, 0.25) is 10.0 Å². The van der Waals surface area contributed by atoms with Gasteiger partial charge in [-0.2, -0.15) is 0 Å². The minimum absolute atomic E-state index is 0.118. The molecule has 3 aromatic rings. The number of rotatable bonds is 9. The first-order valence-electron chi connectivity index (χ1n) is 12.6. The summed E-state index contributed by atoms with van der Waals surface area (Å²) in [6.07, 6.45) is 5.82. The van der Waals surface area contributed by atoms with Crippen LogP contribution in [0, 0.1) is 0 Å². The van der Waals surface area contributed by atoms with Gasteiger partial charge >= 0.3 is 0 Å². The summed E-state index contributed by atoms with van der Waals surface area (Å²) < 4.78 is 6.00. The number of carbonyl (C=O) groups is 2. The van der Waals surface area contributed by atoms with Crippen LogP contribution in [0.25, 0.3) is 10.8 Å². The first kappa shape index (κ1) is 26.3. The SMILES string of the molecule is CC[C@@H](C(=O)NC1CCCCC1)N(Cc1c(Cl)cccc1Cl)C(=O)COc1cccc2ccccc12. The van der Waals surface area contributed by atoms with E-state index in [1.54, 1.807) is 23.1 Å². The predicted octanol–water partition coefficient (Wildman–Crippen LogP) is 6.78. The Morgan fingerprint density at radius 1 is 0.972 bits per heavy atom. The summed E-state index contributed by atoms with van der Waals surface area (Å²) in [6, 6.07) is 18.3. The molecular formula is C29H32Cl2N2O3. The number of ether oxygens (including phenoxy) is 1. The van der Waals surface area contributed by atoms with Crippen molar-refractivity contribution in [2.24, 2.45) is 0 Å². The van der Waals surface area contributed by atoms with Crippen LogP contribution in [-0.4, -0.2) is 35.4 Å². The minimum Gasteiger partial charge on any atom is -0.483 e. The zero-order valence-electron chi connectivity index (χ0n) is 20.5. The molecule has 0 heterocycles. The monoisotopic (exact) mass is 526 g/mol. The van der Waals surface area contributed by atoms with E-state index in [1.165, 1.54) is 6.42 Å².